The van der Waals surface area contributed by atoms with Crippen LogP contribution in [0.3, 0.4) is 0 Å². The molecule has 0 bridgehead atoms. The molecule has 0 aliphatic heterocycles. The Morgan fingerprint density at radius 3 is 2.89 bits per heavy atom. The maximum Gasteiger partial charge on any atom is 0.201 e. The van der Waals surface area contributed by atoms with Gasteiger partial charge in [0.1, 0.15) is 5.52 Å². The molecule has 6 heteroatoms. The van der Waals surface area contributed by atoms with E-state index < -0.39 is 0 Å². The average molecular weight is 260 g/mol. The minimum Gasteiger partial charge on any atom is -0.369 e. The second kappa shape index (κ2) is 4.27. The molecular formula is C12H10ClN5. The van der Waals surface area contributed by atoms with Crippen molar-refractivity contribution in [3.63, 3.8) is 0 Å². The molecule has 90 valence electrons. The Balaban J connectivity index is 2.12. The second-order valence-electron chi connectivity index (χ2n) is 3.88. The van der Waals surface area contributed by atoms with Crippen LogP contribution in [0.1, 0.15) is 5.69 Å². The molecule has 2 heterocycles. The van der Waals surface area contributed by atoms with Gasteiger partial charge in [-0.25, -0.2) is 4.98 Å². The van der Waals surface area contributed by atoms with Crippen LogP contribution in [0, 0.1) is 0 Å². The monoisotopic (exact) mass is 259 g/mol. The number of benzene rings is 1. The van der Waals surface area contributed by atoms with E-state index in [1.54, 1.807) is 12.3 Å². The number of hydrogen-bond acceptors (Lipinski definition) is 4. The minimum atomic E-state index is 0.420. The Labute approximate surface area is 108 Å². The summed E-state index contributed by atoms with van der Waals surface area (Å²) in [5.74, 6) is 0.420. The number of imidazole rings is 1. The van der Waals surface area contributed by atoms with Gasteiger partial charge in [-0.3, -0.25) is 0 Å². The number of para-hydroxylation sites is 1. The fraction of sp³-hybridized carbons (Fsp3) is 0.0833. The summed E-state index contributed by atoms with van der Waals surface area (Å²) < 4.78 is 1.87. The largest absolute Gasteiger partial charge is 0.369 e. The fourth-order valence-electron chi connectivity index (χ4n) is 1.88. The molecule has 0 saturated carbocycles. The lowest BCUT2D eigenvalue weighted by molar-refractivity contribution is 0.782. The van der Waals surface area contributed by atoms with Crippen LogP contribution < -0.4 is 5.73 Å². The zero-order chi connectivity index (χ0) is 12.5. The van der Waals surface area contributed by atoms with Crippen LogP contribution in [0.2, 0.25) is 5.02 Å². The molecule has 0 atom stereocenters. The Kier molecular flexibility index (Phi) is 2.60. The fourth-order valence-corrected chi connectivity index (χ4v) is 2.09. The van der Waals surface area contributed by atoms with Gasteiger partial charge in [0, 0.05) is 6.20 Å². The molecule has 2 aromatic heterocycles. The van der Waals surface area contributed by atoms with Crippen molar-refractivity contribution in [3.05, 3.63) is 47.2 Å². The standard InChI is InChI=1S/C12H10ClN5/c13-9-4-1-5-10-11(9)16-12(14)18(10)7-8-3-2-6-15-17-8/h1-6H,7H2,(H2,14,16). The molecule has 18 heavy (non-hydrogen) atoms. The summed E-state index contributed by atoms with van der Waals surface area (Å²) in [6.45, 7) is 0.524. The number of nitrogen functional groups attached to an aromatic ring is 1. The van der Waals surface area contributed by atoms with Crippen molar-refractivity contribution in [2.75, 3.05) is 5.73 Å². The van der Waals surface area contributed by atoms with Gasteiger partial charge in [0.25, 0.3) is 0 Å². The van der Waals surface area contributed by atoms with Crippen LogP contribution in [-0.4, -0.2) is 19.7 Å². The number of nitrogens with zero attached hydrogens (tertiary/aromatic N) is 4. The maximum atomic E-state index is 6.09. The number of rotatable bonds is 2. The summed E-state index contributed by atoms with van der Waals surface area (Å²) >= 11 is 6.09. The quantitative estimate of drug-likeness (QED) is 0.765. The molecule has 0 aliphatic carbocycles. The zero-order valence-electron chi connectivity index (χ0n) is 9.42. The number of nitrogens with two attached hydrogens (primary N) is 1. The average Bonchev–Trinajstić information content (AvgIpc) is 2.70. The molecule has 0 spiro atoms. The molecular weight excluding hydrogens is 250 g/mol. The van der Waals surface area contributed by atoms with Crippen LogP contribution >= 0.6 is 11.6 Å². The summed E-state index contributed by atoms with van der Waals surface area (Å²) in [5.41, 5.74) is 8.34. The van der Waals surface area contributed by atoms with Gasteiger partial charge >= 0.3 is 0 Å². The molecule has 3 rings (SSSR count). The van der Waals surface area contributed by atoms with Crippen LogP contribution in [-0.2, 0) is 6.54 Å². The summed E-state index contributed by atoms with van der Waals surface area (Å²) in [4.78, 5) is 4.27. The lowest BCUT2D eigenvalue weighted by atomic mass is 10.3. The SMILES string of the molecule is Nc1nc2c(Cl)cccc2n1Cc1cccnn1. The van der Waals surface area contributed by atoms with Crippen molar-refractivity contribution in [3.8, 4) is 0 Å². The van der Waals surface area contributed by atoms with Gasteiger partial charge in [0.05, 0.1) is 22.8 Å². The van der Waals surface area contributed by atoms with Crippen molar-refractivity contribution in [1.82, 2.24) is 19.7 Å². The van der Waals surface area contributed by atoms with E-state index in [4.69, 9.17) is 17.3 Å². The van der Waals surface area contributed by atoms with E-state index in [-0.39, 0.29) is 0 Å². The maximum absolute atomic E-state index is 6.09. The number of aromatic nitrogens is 4. The number of anilines is 1. The summed E-state index contributed by atoms with van der Waals surface area (Å²) in [5, 5.41) is 8.47. The van der Waals surface area contributed by atoms with E-state index in [9.17, 15) is 0 Å². The summed E-state index contributed by atoms with van der Waals surface area (Å²) in [6.07, 6.45) is 1.63. The van der Waals surface area contributed by atoms with Gasteiger partial charge < -0.3 is 10.3 Å². The second-order valence-corrected chi connectivity index (χ2v) is 4.29. The van der Waals surface area contributed by atoms with Gasteiger partial charge in [-0.15, -0.1) is 0 Å². The first-order chi connectivity index (χ1) is 8.75. The Bertz CT molecular complexity index is 692. The highest BCUT2D eigenvalue weighted by Gasteiger charge is 2.11. The first kappa shape index (κ1) is 11.0. The molecule has 0 amide bonds. The smallest absolute Gasteiger partial charge is 0.201 e. The van der Waals surface area contributed by atoms with E-state index in [0.29, 0.717) is 23.0 Å². The van der Waals surface area contributed by atoms with Crippen LogP contribution in [0.15, 0.2) is 36.5 Å². The van der Waals surface area contributed by atoms with Gasteiger partial charge in [-0.2, -0.15) is 10.2 Å². The van der Waals surface area contributed by atoms with Crippen molar-refractivity contribution in [1.29, 1.82) is 0 Å². The van der Waals surface area contributed by atoms with Crippen LogP contribution in [0.4, 0.5) is 5.95 Å². The number of fused-ring (bicyclic) bond motifs is 1. The highest BCUT2D eigenvalue weighted by atomic mass is 35.5. The molecule has 5 nitrogen and oxygen atoms in total. The minimum absolute atomic E-state index is 0.420. The number of halogens is 1. The molecule has 0 fully saturated rings. The van der Waals surface area contributed by atoms with E-state index in [2.05, 4.69) is 15.2 Å². The molecule has 0 radical (unpaired) electrons. The van der Waals surface area contributed by atoms with Gasteiger partial charge in [-0.1, -0.05) is 17.7 Å². The Morgan fingerprint density at radius 2 is 2.11 bits per heavy atom. The van der Waals surface area contributed by atoms with Gasteiger partial charge in [0.15, 0.2) is 0 Å². The number of hydrogen-bond donors (Lipinski definition) is 1. The van der Waals surface area contributed by atoms with Crippen molar-refractivity contribution < 1.29 is 0 Å². The first-order valence-electron chi connectivity index (χ1n) is 5.42. The predicted molar refractivity (Wildman–Crippen MR) is 70.3 cm³/mol. The van der Waals surface area contributed by atoms with E-state index in [1.807, 2.05) is 28.8 Å². The van der Waals surface area contributed by atoms with Crippen molar-refractivity contribution >= 4 is 28.6 Å². The summed E-state index contributed by atoms with van der Waals surface area (Å²) in [7, 11) is 0. The van der Waals surface area contributed by atoms with Crippen LogP contribution in [0.5, 0.6) is 0 Å². The van der Waals surface area contributed by atoms with E-state index >= 15 is 0 Å². The topological polar surface area (TPSA) is 69.6 Å². The van der Waals surface area contributed by atoms with Crippen molar-refractivity contribution in [2.24, 2.45) is 0 Å². The highest BCUT2D eigenvalue weighted by molar-refractivity contribution is 6.35. The molecule has 0 aliphatic rings. The van der Waals surface area contributed by atoms with Gasteiger partial charge in [-0.05, 0) is 24.3 Å². The third kappa shape index (κ3) is 1.78. The lowest BCUT2D eigenvalue weighted by Crippen LogP contribution is -2.06. The van der Waals surface area contributed by atoms with Crippen molar-refractivity contribution in [2.45, 2.75) is 6.54 Å². The third-order valence-electron chi connectivity index (χ3n) is 2.71. The third-order valence-corrected chi connectivity index (χ3v) is 3.01. The molecule has 1 aromatic carbocycles. The predicted octanol–water partition coefficient (Wildman–Crippen LogP) is 2.11. The van der Waals surface area contributed by atoms with E-state index in [1.165, 1.54) is 0 Å². The molecule has 2 N–H and O–H groups in total. The Morgan fingerprint density at radius 1 is 1.22 bits per heavy atom. The molecule has 3 aromatic rings. The zero-order valence-corrected chi connectivity index (χ0v) is 10.2. The highest BCUT2D eigenvalue weighted by Crippen LogP contribution is 2.25. The van der Waals surface area contributed by atoms with E-state index in [0.717, 1.165) is 11.2 Å². The Hall–Kier alpha value is -2.14. The lowest BCUT2D eigenvalue weighted by Gasteiger charge is -2.04. The summed E-state index contributed by atoms with van der Waals surface area (Å²) in [6, 6.07) is 9.33. The molecule has 0 saturated heterocycles. The van der Waals surface area contributed by atoms with Gasteiger partial charge in [0.2, 0.25) is 5.95 Å². The molecule has 0 unspecified atom stereocenters. The van der Waals surface area contributed by atoms with Crippen LogP contribution in [0.25, 0.3) is 11.0 Å². The normalized spacial score (nSPS) is 10.9. The first-order valence-corrected chi connectivity index (χ1v) is 5.80.